The fraction of sp³-hybridized carbons (Fsp3) is 0.727. The predicted octanol–water partition coefficient (Wildman–Crippen LogP) is 0.822. The molecule has 0 aromatic heterocycles. The number of hydrogen-bond donors (Lipinski definition) is 2. The number of aliphatic carboxylic acids is 1. The molecule has 0 aliphatic carbocycles. The second-order valence-electron chi connectivity index (χ2n) is 4.86. The average molecular weight is 304 g/mol. The molecule has 2 saturated heterocycles. The molecule has 2 fully saturated rings. The molecule has 2 heterocycles. The Morgan fingerprint density at radius 3 is 2.58 bits per heavy atom. The molecule has 3 unspecified atom stereocenters. The van der Waals surface area contributed by atoms with Crippen LogP contribution in [-0.4, -0.2) is 56.1 Å². The maximum Gasteiger partial charge on any atom is 0.327 e. The summed E-state index contributed by atoms with van der Waals surface area (Å²) in [5.41, 5.74) is 0. The molecule has 8 heteroatoms. The van der Waals surface area contributed by atoms with Gasteiger partial charge in [-0.3, -0.25) is 9.59 Å². The van der Waals surface area contributed by atoms with Gasteiger partial charge in [-0.2, -0.15) is 0 Å². The SMILES string of the molecule is CC(C)C1SCC(C(=O)O)N1C(=O)C1CSC(=O)N1. The van der Waals surface area contributed by atoms with Gasteiger partial charge in [0, 0.05) is 11.5 Å². The van der Waals surface area contributed by atoms with Gasteiger partial charge in [-0.15, -0.1) is 11.8 Å². The van der Waals surface area contributed by atoms with Crippen molar-refractivity contribution < 1.29 is 19.5 Å². The summed E-state index contributed by atoms with van der Waals surface area (Å²) in [5.74, 6) is -0.327. The van der Waals surface area contributed by atoms with Crippen LogP contribution in [-0.2, 0) is 9.59 Å². The van der Waals surface area contributed by atoms with Crippen molar-refractivity contribution in [1.29, 1.82) is 0 Å². The predicted molar refractivity (Wildman–Crippen MR) is 74.1 cm³/mol. The molecule has 2 aliphatic rings. The first-order valence-electron chi connectivity index (χ1n) is 6.01. The van der Waals surface area contributed by atoms with Crippen molar-refractivity contribution in [3.8, 4) is 0 Å². The van der Waals surface area contributed by atoms with E-state index in [1.807, 2.05) is 13.8 Å². The number of nitrogens with zero attached hydrogens (tertiary/aromatic N) is 1. The smallest absolute Gasteiger partial charge is 0.327 e. The van der Waals surface area contributed by atoms with E-state index in [2.05, 4.69) is 5.32 Å². The van der Waals surface area contributed by atoms with Gasteiger partial charge < -0.3 is 15.3 Å². The summed E-state index contributed by atoms with van der Waals surface area (Å²) in [4.78, 5) is 36.3. The topological polar surface area (TPSA) is 86.7 Å². The average Bonchev–Trinajstić information content (AvgIpc) is 2.93. The van der Waals surface area contributed by atoms with Crippen LogP contribution in [0.4, 0.5) is 4.79 Å². The van der Waals surface area contributed by atoms with Gasteiger partial charge in [0.15, 0.2) is 0 Å². The molecule has 2 amide bonds. The quantitative estimate of drug-likeness (QED) is 0.803. The highest BCUT2D eigenvalue weighted by atomic mass is 32.2. The van der Waals surface area contributed by atoms with Gasteiger partial charge in [-0.05, 0) is 5.92 Å². The number of carbonyl (C=O) groups is 3. The summed E-state index contributed by atoms with van der Waals surface area (Å²) >= 11 is 2.55. The molecule has 0 aromatic rings. The summed E-state index contributed by atoms with van der Waals surface area (Å²) < 4.78 is 0. The fourth-order valence-corrected chi connectivity index (χ4v) is 4.46. The van der Waals surface area contributed by atoms with Crippen molar-refractivity contribution >= 4 is 40.6 Å². The van der Waals surface area contributed by atoms with Gasteiger partial charge in [0.25, 0.3) is 5.24 Å². The summed E-state index contributed by atoms with van der Waals surface area (Å²) in [7, 11) is 0. The number of nitrogens with one attached hydrogen (secondary N) is 1. The van der Waals surface area contributed by atoms with E-state index in [1.165, 1.54) is 16.7 Å². The fourth-order valence-electron chi connectivity index (χ4n) is 2.21. The minimum Gasteiger partial charge on any atom is -0.480 e. The van der Waals surface area contributed by atoms with Crippen molar-refractivity contribution in [3.63, 3.8) is 0 Å². The largest absolute Gasteiger partial charge is 0.480 e. The second-order valence-corrected chi connectivity index (χ2v) is 7.01. The summed E-state index contributed by atoms with van der Waals surface area (Å²) in [6, 6.07) is -1.40. The normalized spacial score (nSPS) is 30.8. The van der Waals surface area contributed by atoms with Crippen molar-refractivity contribution in [3.05, 3.63) is 0 Å². The molecular formula is C11H16N2O4S2. The Labute approximate surface area is 119 Å². The first-order chi connectivity index (χ1) is 8.91. The lowest BCUT2D eigenvalue weighted by Gasteiger charge is -2.31. The van der Waals surface area contributed by atoms with Gasteiger partial charge in [0.1, 0.15) is 12.1 Å². The first kappa shape index (κ1) is 14.5. The van der Waals surface area contributed by atoms with E-state index in [4.69, 9.17) is 0 Å². The highest BCUT2D eigenvalue weighted by Crippen LogP contribution is 2.35. The lowest BCUT2D eigenvalue weighted by Crippen LogP contribution is -2.53. The number of rotatable bonds is 3. The number of carbonyl (C=O) groups excluding carboxylic acids is 2. The summed E-state index contributed by atoms with van der Waals surface area (Å²) in [6.45, 7) is 3.92. The van der Waals surface area contributed by atoms with E-state index in [0.29, 0.717) is 11.5 Å². The van der Waals surface area contributed by atoms with E-state index >= 15 is 0 Å². The van der Waals surface area contributed by atoms with Crippen LogP contribution in [0.1, 0.15) is 13.8 Å². The molecule has 0 aromatic carbocycles. The van der Waals surface area contributed by atoms with Crippen LogP contribution >= 0.6 is 23.5 Å². The minimum absolute atomic E-state index is 0.142. The molecule has 2 aliphatic heterocycles. The van der Waals surface area contributed by atoms with Gasteiger partial charge in [-0.25, -0.2) is 4.79 Å². The van der Waals surface area contributed by atoms with Crippen molar-refractivity contribution in [2.45, 2.75) is 31.3 Å². The Hall–Kier alpha value is -0.890. The zero-order valence-corrected chi connectivity index (χ0v) is 12.3. The van der Waals surface area contributed by atoms with Crippen LogP contribution in [0.5, 0.6) is 0 Å². The van der Waals surface area contributed by atoms with E-state index < -0.39 is 18.1 Å². The first-order valence-corrected chi connectivity index (χ1v) is 8.05. The Morgan fingerprint density at radius 2 is 2.11 bits per heavy atom. The van der Waals surface area contributed by atoms with Gasteiger partial charge in [0.2, 0.25) is 5.91 Å². The molecule has 2 N–H and O–H groups in total. The molecule has 6 nitrogen and oxygen atoms in total. The Kier molecular flexibility index (Phi) is 4.29. The summed E-state index contributed by atoms with van der Waals surface area (Å²) in [5, 5.41) is 11.4. The minimum atomic E-state index is -0.985. The Balaban J connectivity index is 2.18. The number of carboxylic acids is 1. The highest BCUT2D eigenvalue weighted by Gasteiger charge is 2.46. The second kappa shape index (κ2) is 5.62. The van der Waals surface area contributed by atoms with E-state index in [0.717, 1.165) is 11.8 Å². The third-order valence-electron chi connectivity index (χ3n) is 3.12. The Bertz CT molecular complexity index is 415. The lowest BCUT2D eigenvalue weighted by molar-refractivity contribution is -0.150. The third kappa shape index (κ3) is 2.84. The zero-order valence-electron chi connectivity index (χ0n) is 10.7. The molecule has 106 valence electrons. The molecular weight excluding hydrogens is 288 g/mol. The standard InChI is InChI=1S/C11H16N2O4S2/c1-5(2)9-13(7(4-18-9)10(15)16)8(14)6-3-19-11(17)12-6/h5-7,9H,3-4H2,1-2H3,(H,12,17)(H,15,16). The monoisotopic (exact) mass is 304 g/mol. The highest BCUT2D eigenvalue weighted by molar-refractivity contribution is 8.14. The maximum absolute atomic E-state index is 12.4. The van der Waals surface area contributed by atoms with Crippen LogP contribution in [0.25, 0.3) is 0 Å². The number of thioether (sulfide) groups is 2. The molecule has 0 bridgehead atoms. The van der Waals surface area contributed by atoms with Crippen LogP contribution in [0.15, 0.2) is 0 Å². The van der Waals surface area contributed by atoms with Crippen LogP contribution in [0.3, 0.4) is 0 Å². The van der Waals surface area contributed by atoms with E-state index in [9.17, 15) is 19.5 Å². The number of hydrogen-bond acceptors (Lipinski definition) is 5. The van der Waals surface area contributed by atoms with Crippen molar-refractivity contribution in [2.75, 3.05) is 11.5 Å². The van der Waals surface area contributed by atoms with Crippen LogP contribution in [0.2, 0.25) is 0 Å². The van der Waals surface area contributed by atoms with E-state index in [-0.39, 0.29) is 22.4 Å². The lowest BCUT2D eigenvalue weighted by atomic mass is 10.1. The number of carboxylic acid groups (broad SMARTS) is 1. The summed E-state index contributed by atoms with van der Waals surface area (Å²) in [6.07, 6.45) is 0. The van der Waals surface area contributed by atoms with Gasteiger partial charge in [-0.1, -0.05) is 25.6 Å². The van der Waals surface area contributed by atoms with Crippen molar-refractivity contribution in [2.24, 2.45) is 5.92 Å². The number of amides is 2. The Morgan fingerprint density at radius 1 is 1.42 bits per heavy atom. The third-order valence-corrected chi connectivity index (χ3v) is 5.62. The van der Waals surface area contributed by atoms with Gasteiger partial charge in [0.05, 0.1) is 5.37 Å². The van der Waals surface area contributed by atoms with Crippen LogP contribution in [0, 0.1) is 5.92 Å². The molecule has 3 atom stereocenters. The zero-order chi connectivity index (χ0) is 14.2. The molecule has 19 heavy (non-hydrogen) atoms. The van der Waals surface area contributed by atoms with Crippen molar-refractivity contribution in [1.82, 2.24) is 10.2 Å². The maximum atomic E-state index is 12.4. The van der Waals surface area contributed by atoms with Gasteiger partial charge >= 0.3 is 5.97 Å². The molecule has 0 spiro atoms. The molecule has 2 rings (SSSR count). The van der Waals surface area contributed by atoms with E-state index in [1.54, 1.807) is 0 Å². The molecule has 0 saturated carbocycles. The molecule has 0 radical (unpaired) electrons. The van der Waals surface area contributed by atoms with Crippen LogP contribution < -0.4 is 5.32 Å².